The molecular formula is C30H38Cl2Zr. The first kappa shape index (κ1) is 32.4. The van der Waals surface area contributed by atoms with Gasteiger partial charge >= 0.3 is 26.2 Å². The van der Waals surface area contributed by atoms with Crippen LogP contribution in [-0.2, 0) is 43.5 Å². The predicted molar refractivity (Wildman–Crippen MR) is 131 cm³/mol. The molecule has 0 spiro atoms. The van der Waals surface area contributed by atoms with Gasteiger partial charge in [-0.05, 0) is 17.4 Å². The Morgan fingerprint density at radius 2 is 1.30 bits per heavy atom. The number of allylic oxidation sites excluding steroid dienone is 4. The van der Waals surface area contributed by atoms with E-state index >= 15 is 0 Å². The van der Waals surface area contributed by atoms with E-state index < -0.39 is 0 Å². The Morgan fingerprint density at radius 3 is 1.76 bits per heavy atom. The largest absolute Gasteiger partial charge is 4.00 e. The molecule has 33 heavy (non-hydrogen) atoms. The van der Waals surface area contributed by atoms with Crippen molar-refractivity contribution >= 4 is 0 Å². The molecule has 176 valence electrons. The van der Waals surface area contributed by atoms with Crippen LogP contribution in [0.3, 0.4) is 0 Å². The summed E-state index contributed by atoms with van der Waals surface area (Å²) in [6, 6.07) is 15.1. The molecule has 0 radical (unpaired) electrons. The summed E-state index contributed by atoms with van der Waals surface area (Å²) in [5.74, 6) is 0. The molecule has 2 aromatic rings. The molecule has 4 rings (SSSR count). The van der Waals surface area contributed by atoms with E-state index in [9.17, 15) is 0 Å². The number of fused-ring (bicyclic) bond motifs is 3. The van der Waals surface area contributed by atoms with Crippen LogP contribution in [0.4, 0.5) is 0 Å². The van der Waals surface area contributed by atoms with Gasteiger partial charge in [0.05, 0.1) is 0 Å². The summed E-state index contributed by atoms with van der Waals surface area (Å²) in [6.45, 7) is 20.3. The van der Waals surface area contributed by atoms with Gasteiger partial charge in [-0.15, -0.1) is 12.0 Å². The fourth-order valence-electron chi connectivity index (χ4n) is 3.90. The van der Waals surface area contributed by atoms with Crippen molar-refractivity contribution in [1.29, 1.82) is 0 Å². The average Bonchev–Trinajstić information content (AvgIpc) is 3.27. The molecule has 3 heteroatoms. The van der Waals surface area contributed by atoms with E-state index in [1.807, 2.05) is 0 Å². The summed E-state index contributed by atoms with van der Waals surface area (Å²) < 4.78 is 0. The number of benzene rings is 2. The maximum atomic E-state index is 3.53. The second-order valence-corrected chi connectivity index (χ2v) is 11.8. The van der Waals surface area contributed by atoms with Gasteiger partial charge in [0.25, 0.3) is 0 Å². The second-order valence-electron chi connectivity index (χ2n) is 11.8. The molecule has 0 nitrogen and oxygen atoms in total. The van der Waals surface area contributed by atoms with Gasteiger partial charge < -0.3 is 24.8 Å². The summed E-state index contributed by atoms with van der Waals surface area (Å²) in [5, 5.41) is 0. The third-order valence-electron chi connectivity index (χ3n) is 6.09. The summed E-state index contributed by atoms with van der Waals surface area (Å²) >= 11 is 0. The minimum Gasteiger partial charge on any atom is -1.00 e. The van der Waals surface area contributed by atoms with Crippen molar-refractivity contribution in [3.05, 3.63) is 82.5 Å². The van der Waals surface area contributed by atoms with Crippen LogP contribution >= 0.6 is 0 Å². The third-order valence-corrected chi connectivity index (χ3v) is 6.09. The zero-order valence-electron chi connectivity index (χ0n) is 21.7. The second kappa shape index (κ2) is 11.9. The minimum atomic E-state index is 0. The van der Waals surface area contributed by atoms with E-state index in [-0.39, 0.29) is 61.8 Å². The monoisotopic (exact) mass is 558 g/mol. The predicted octanol–water partition coefficient (Wildman–Crippen LogP) is 2.38. The number of hydrogen-bond acceptors (Lipinski definition) is 0. The van der Waals surface area contributed by atoms with Crippen molar-refractivity contribution in [3.8, 4) is 11.1 Å². The van der Waals surface area contributed by atoms with E-state index in [0.29, 0.717) is 5.41 Å². The zero-order valence-corrected chi connectivity index (χ0v) is 25.7. The van der Waals surface area contributed by atoms with Crippen molar-refractivity contribution < 1.29 is 51.0 Å². The molecule has 2 aromatic carbocycles. The topological polar surface area (TPSA) is 0 Å². The Balaban J connectivity index is 0.000000733. The van der Waals surface area contributed by atoms with E-state index in [2.05, 4.69) is 117 Å². The molecule has 2 aliphatic rings. The molecule has 0 unspecified atom stereocenters. The fraction of sp³-hybridized carbons (Fsp3) is 0.467. The van der Waals surface area contributed by atoms with Gasteiger partial charge in [0, 0.05) is 0 Å². The van der Waals surface area contributed by atoms with Gasteiger partial charge in [-0.2, -0.15) is 41.0 Å². The first-order chi connectivity index (χ1) is 13.8. The van der Waals surface area contributed by atoms with Crippen LogP contribution < -0.4 is 24.8 Å². The fourth-order valence-corrected chi connectivity index (χ4v) is 3.90. The first-order valence-electron chi connectivity index (χ1n) is 11.2. The first-order valence-corrected chi connectivity index (χ1v) is 11.2. The Labute approximate surface area is 234 Å². The van der Waals surface area contributed by atoms with Crippen LogP contribution in [0.2, 0.25) is 0 Å². The summed E-state index contributed by atoms with van der Waals surface area (Å²) in [6.07, 6.45) is 9.53. The maximum Gasteiger partial charge on any atom is 4.00 e. The van der Waals surface area contributed by atoms with Gasteiger partial charge in [-0.3, -0.25) is 6.08 Å². The van der Waals surface area contributed by atoms with Crippen LogP contribution in [0.1, 0.15) is 91.0 Å². The van der Waals surface area contributed by atoms with Crippen molar-refractivity contribution in [2.45, 2.75) is 86.0 Å². The molecule has 2 aliphatic carbocycles. The number of rotatable bonds is 0. The molecule has 0 N–H and O–H groups in total. The minimum absolute atomic E-state index is 0. The van der Waals surface area contributed by atoms with Gasteiger partial charge in [-0.25, -0.2) is 6.08 Å². The molecule has 0 bridgehead atoms. The van der Waals surface area contributed by atoms with Crippen LogP contribution in [-0.4, -0.2) is 0 Å². The summed E-state index contributed by atoms with van der Waals surface area (Å²) in [4.78, 5) is 0. The molecule has 0 fully saturated rings. The standard InChI is InChI=1S/C21H25.C9H13.2ClH.Zr/c1-20(2,3)16-9-7-14-11-15-8-10-17(21(4,5)6)13-19(15)18(14)12-16;1-9(2,3)8-6-4-5-7-8;;;/h7,9-10,12-13H,11H2,1-6H3;6-7H,4H2,1-3H3;2*1H;/q2*-1;;;+4/p-2. The van der Waals surface area contributed by atoms with Crippen LogP contribution in [0.25, 0.3) is 11.1 Å². The van der Waals surface area contributed by atoms with E-state index in [1.54, 1.807) is 0 Å². The quantitative estimate of drug-likeness (QED) is 0.371. The van der Waals surface area contributed by atoms with Crippen LogP contribution in [0, 0.1) is 17.6 Å². The van der Waals surface area contributed by atoms with E-state index in [0.717, 1.165) is 12.8 Å². The van der Waals surface area contributed by atoms with Crippen molar-refractivity contribution in [2.24, 2.45) is 5.41 Å². The maximum absolute atomic E-state index is 3.53. The summed E-state index contributed by atoms with van der Waals surface area (Å²) in [5.41, 5.74) is 10.5. The van der Waals surface area contributed by atoms with Crippen molar-refractivity contribution in [1.82, 2.24) is 0 Å². The Morgan fingerprint density at radius 1 is 0.727 bits per heavy atom. The molecule has 0 aromatic heterocycles. The number of halogens is 2. The van der Waals surface area contributed by atoms with Gasteiger partial charge in [0.2, 0.25) is 0 Å². The van der Waals surface area contributed by atoms with Crippen molar-refractivity contribution in [3.63, 3.8) is 0 Å². The molecule has 0 aliphatic heterocycles. The molecule has 0 amide bonds. The van der Waals surface area contributed by atoms with Crippen LogP contribution in [0.15, 0.2) is 48.1 Å². The van der Waals surface area contributed by atoms with Gasteiger partial charge in [0.15, 0.2) is 0 Å². The van der Waals surface area contributed by atoms with Gasteiger partial charge in [0.1, 0.15) is 0 Å². The van der Waals surface area contributed by atoms with E-state index in [1.165, 1.54) is 39.0 Å². The Kier molecular flexibility index (Phi) is 11.7. The van der Waals surface area contributed by atoms with Crippen molar-refractivity contribution in [2.75, 3.05) is 0 Å². The smallest absolute Gasteiger partial charge is 1.00 e. The molecule has 0 heterocycles. The molecular weight excluding hydrogens is 522 g/mol. The van der Waals surface area contributed by atoms with Gasteiger partial charge in [-0.1, -0.05) is 102 Å². The van der Waals surface area contributed by atoms with Crippen LogP contribution in [0.5, 0.6) is 0 Å². The molecule has 0 saturated carbocycles. The molecule has 0 saturated heterocycles. The Hall–Kier alpha value is -0.617. The number of hydrogen-bond donors (Lipinski definition) is 0. The SMILES string of the molecule is CC(C)(C)C1=CC[C-]=C1.CC(C)(C)c1c[c-]c2c(c1)-c1cc(C(C)(C)C)ccc1C2.[Cl-].[Cl-].[Zr+4]. The zero-order chi connectivity index (χ0) is 22.3. The normalized spacial score (nSPS) is 13.9. The molecule has 0 atom stereocenters. The third kappa shape index (κ3) is 7.95. The average molecular weight is 561 g/mol. The van der Waals surface area contributed by atoms with E-state index in [4.69, 9.17) is 0 Å². The Bertz CT molecular complexity index is 932. The summed E-state index contributed by atoms with van der Waals surface area (Å²) in [7, 11) is 0.